The average Bonchev–Trinajstić information content (AvgIpc) is 2.96. The number of rotatable bonds is 3. The lowest BCUT2D eigenvalue weighted by Gasteiger charge is -2.17. The van der Waals surface area contributed by atoms with Gasteiger partial charge in [0.1, 0.15) is 0 Å². The summed E-state index contributed by atoms with van der Waals surface area (Å²) >= 11 is 1.81. The van der Waals surface area contributed by atoms with Crippen LogP contribution in [0.4, 0.5) is 5.69 Å². The van der Waals surface area contributed by atoms with Crippen LogP contribution in [0.5, 0.6) is 0 Å². The quantitative estimate of drug-likeness (QED) is 0.941. The first kappa shape index (κ1) is 13.3. The smallest absolute Gasteiger partial charge is 0.231 e. The second-order valence-electron chi connectivity index (χ2n) is 5.19. The van der Waals surface area contributed by atoms with Gasteiger partial charge in [-0.15, -0.1) is 11.3 Å². The van der Waals surface area contributed by atoms with Crippen LogP contribution < -0.4 is 10.2 Å². The Bertz CT molecular complexity index is 662. The highest BCUT2D eigenvalue weighted by atomic mass is 32.1. The third-order valence-corrected chi connectivity index (χ3v) is 4.91. The van der Waals surface area contributed by atoms with E-state index in [4.69, 9.17) is 0 Å². The molecule has 0 radical (unpaired) electrons. The predicted octanol–water partition coefficient (Wildman–Crippen LogP) is 2.88. The fourth-order valence-corrected chi connectivity index (χ4v) is 3.77. The van der Waals surface area contributed by atoms with E-state index in [-0.39, 0.29) is 11.9 Å². The monoisotopic (exact) mass is 286 g/mol. The van der Waals surface area contributed by atoms with E-state index in [0.29, 0.717) is 6.42 Å². The molecule has 1 N–H and O–H groups in total. The van der Waals surface area contributed by atoms with Gasteiger partial charge in [0.05, 0.1) is 12.5 Å². The minimum Gasteiger partial charge on any atom is -0.315 e. The zero-order chi connectivity index (χ0) is 14.3. The molecule has 0 aliphatic carbocycles. The number of likely N-dealkylation sites (N-methyl/N-ethyl adjacent to an activating group) is 1. The van der Waals surface area contributed by atoms with Crippen molar-refractivity contribution in [2.45, 2.75) is 19.4 Å². The minimum atomic E-state index is 0.171. The summed E-state index contributed by atoms with van der Waals surface area (Å²) < 4.78 is 0. The first-order chi connectivity index (χ1) is 9.60. The van der Waals surface area contributed by atoms with Gasteiger partial charge in [-0.1, -0.05) is 12.1 Å². The lowest BCUT2D eigenvalue weighted by molar-refractivity contribution is -0.117. The van der Waals surface area contributed by atoms with Crippen LogP contribution >= 0.6 is 11.3 Å². The second-order valence-corrected chi connectivity index (χ2v) is 6.51. The molecule has 0 saturated carbocycles. The Kier molecular flexibility index (Phi) is 3.36. The maximum absolute atomic E-state index is 11.8. The maximum atomic E-state index is 11.8. The average molecular weight is 286 g/mol. The number of hydrogen-bond donors (Lipinski definition) is 1. The van der Waals surface area contributed by atoms with Gasteiger partial charge in [-0.25, -0.2) is 0 Å². The fraction of sp³-hybridized carbons (Fsp3) is 0.312. The Morgan fingerprint density at radius 1 is 1.30 bits per heavy atom. The fourth-order valence-electron chi connectivity index (χ4n) is 2.75. The van der Waals surface area contributed by atoms with Gasteiger partial charge in [0.25, 0.3) is 0 Å². The van der Waals surface area contributed by atoms with E-state index in [9.17, 15) is 4.79 Å². The van der Waals surface area contributed by atoms with Crippen molar-refractivity contribution in [3.8, 4) is 0 Å². The SMILES string of the molecule is CNC(c1ccc2c(c1)CC(=O)N2C)c1ccc(C)s1. The molecule has 1 aromatic carbocycles. The molecule has 3 nitrogen and oxygen atoms in total. The number of fused-ring (bicyclic) bond motifs is 1. The summed E-state index contributed by atoms with van der Waals surface area (Å²) in [5.74, 6) is 0.171. The number of carbonyl (C=O) groups excluding carboxylic acids is 1. The normalized spacial score (nSPS) is 15.6. The lowest BCUT2D eigenvalue weighted by Crippen LogP contribution is -2.20. The zero-order valence-corrected chi connectivity index (χ0v) is 12.8. The number of amides is 1. The molecule has 2 aromatic rings. The second kappa shape index (κ2) is 5.04. The van der Waals surface area contributed by atoms with E-state index in [1.165, 1.54) is 15.3 Å². The Balaban J connectivity index is 1.98. The number of aryl methyl sites for hydroxylation is 1. The molecule has 0 spiro atoms. The number of hydrogen-bond acceptors (Lipinski definition) is 3. The molecule has 4 heteroatoms. The third kappa shape index (κ3) is 2.15. The van der Waals surface area contributed by atoms with Gasteiger partial charge in [0.2, 0.25) is 5.91 Å². The number of thiophene rings is 1. The summed E-state index contributed by atoms with van der Waals surface area (Å²) in [4.78, 5) is 16.1. The topological polar surface area (TPSA) is 32.3 Å². The molecule has 3 rings (SSSR count). The van der Waals surface area contributed by atoms with Crippen LogP contribution in [0.15, 0.2) is 30.3 Å². The molecule has 1 amide bonds. The number of nitrogens with zero attached hydrogens (tertiary/aromatic N) is 1. The van der Waals surface area contributed by atoms with E-state index >= 15 is 0 Å². The van der Waals surface area contributed by atoms with Crippen molar-refractivity contribution in [2.75, 3.05) is 19.0 Å². The van der Waals surface area contributed by atoms with Crippen molar-refractivity contribution in [1.29, 1.82) is 0 Å². The van der Waals surface area contributed by atoms with E-state index < -0.39 is 0 Å². The van der Waals surface area contributed by atoms with Crippen molar-refractivity contribution < 1.29 is 4.79 Å². The molecule has 0 saturated heterocycles. The van der Waals surface area contributed by atoms with Crippen molar-refractivity contribution in [2.24, 2.45) is 0 Å². The van der Waals surface area contributed by atoms with Crippen molar-refractivity contribution in [3.05, 3.63) is 51.2 Å². The zero-order valence-electron chi connectivity index (χ0n) is 11.9. The maximum Gasteiger partial charge on any atom is 0.231 e. The van der Waals surface area contributed by atoms with Crippen molar-refractivity contribution in [3.63, 3.8) is 0 Å². The highest BCUT2D eigenvalue weighted by molar-refractivity contribution is 7.12. The van der Waals surface area contributed by atoms with Crippen LogP contribution in [-0.2, 0) is 11.2 Å². The van der Waals surface area contributed by atoms with Gasteiger partial charge in [-0.05, 0) is 43.3 Å². The van der Waals surface area contributed by atoms with Crippen LogP contribution in [0, 0.1) is 6.92 Å². The molecule has 0 bridgehead atoms. The molecule has 1 atom stereocenters. The highest BCUT2D eigenvalue weighted by Crippen LogP contribution is 2.33. The summed E-state index contributed by atoms with van der Waals surface area (Å²) in [6.07, 6.45) is 0.513. The lowest BCUT2D eigenvalue weighted by atomic mass is 10.0. The van der Waals surface area contributed by atoms with Crippen LogP contribution in [0.2, 0.25) is 0 Å². The van der Waals surface area contributed by atoms with Crippen LogP contribution in [0.3, 0.4) is 0 Å². The van der Waals surface area contributed by atoms with E-state index in [1.54, 1.807) is 4.90 Å². The highest BCUT2D eigenvalue weighted by Gasteiger charge is 2.25. The molecule has 20 heavy (non-hydrogen) atoms. The summed E-state index contributed by atoms with van der Waals surface area (Å²) in [6, 6.07) is 10.8. The van der Waals surface area contributed by atoms with E-state index in [0.717, 1.165) is 11.3 Å². The van der Waals surface area contributed by atoms with Crippen molar-refractivity contribution >= 4 is 22.9 Å². The Labute approximate surface area is 123 Å². The van der Waals surface area contributed by atoms with Gasteiger partial charge in [-0.2, -0.15) is 0 Å². The van der Waals surface area contributed by atoms with Crippen LogP contribution in [-0.4, -0.2) is 20.0 Å². The van der Waals surface area contributed by atoms with E-state index in [1.807, 2.05) is 25.4 Å². The van der Waals surface area contributed by atoms with E-state index in [2.05, 4.69) is 42.6 Å². The number of anilines is 1. The van der Waals surface area contributed by atoms with Gasteiger partial charge in [-0.3, -0.25) is 4.79 Å². The Morgan fingerprint density at radius 2 is 2.10 bits per heavy atom. The predicted molar refractivity (Wildman–Crippen MR) is 83.5 cm³/mol. The molecule has 1 unspecified atom stereocenters. The largest absolute Gasteiger partial charge is 0.315 e. The third-order valence-electron chi connectivity index (χ3n) is 3.85. The molecule has 1 aliphatic heterocycles. The van der Waals surface area contributed by atoms with Gasteiger partial charge < -0.3 is 10.2 Å². The standard InChI is InChI=1S/C16H18N2OS/c1-10-4-7-14(20-10)16(17-2)11-5-6-13-12(8-11)9-15(19)18(13)3/h4-8,16-17H,9H2,1-3H3. The minimum absolute atomic E-state index is 0.171. The van der Waals surface area contributed by atoms with Crippen LogP contribution in [0.1, 0.15) is 26.9 Å². The summed E-state index contributed by atoms with van der Waals surface area (Å²) in [7, 11) is 3.82. The van der Waals surface area contributed by atoms with Gasteiger partial charge in [0.15, 0.2) is 0 Å². The molecule has 0 fully saturated rings. The first-order valence-corrected chi connectivity index (χ1v) is 7.55. The molecule has 1 aromatic heterocycles. The Morgan fingerprint density at radius 3 is 2.75 bits per heavy atom. The first-order valence-electron chi connectivity index (χ1n) is 6.73. The molecular weight excluding hydrogens is 268 g/mol. The number of nitrogens with one attached hydrogen (secondary N) is 1. The summed E-state index contributed by atoms with van der Waals surface area (Å²) in [6.45, 7) is 2.12. The van der Waals surface area contributed by atoms with Gasteiger partial charge in [0, 0.05) is 22.5 Å². The summed E-state index contributed by atoms with van der Waals surface area (Å²) in [5, 5.41) is 3.37. The molecule has 2 heterocycles. The molecule has 104 valence electrons. The number of benzene rings is 1. The Hall–Kier alpha value is -1.65. The number of carbonyl (C=O) groups is 1. The molecule has 1 aliphatic rings. The molecular formula is C16H18N2OS. The van der Waals surface area contributed by atoms with Crippen molar-refractivity contribution in [1.82, 2.24) is 5.32 Å². The van der Waals surface area contributed by atoms with Gasteiger partial charge >= 0.3 is 0 Å². The van der Waals surface area contributed by atoms with Crippen LogP contribution in [0.25, 0.3) is 0 Å². The summed E-state index contributed by atoms with van der Waals surface area (Å²) in [5.41, 5.74) is 3.38.